The summed E-state index contributed by atoms with van der Waals surface area (Å²) < 4.78 is 0. The minimum Gasteiger partial charge on any atom is -0.115 e. The first-order chi connectivity index (χ1) is 51.9. The van der Waals surface area contributed by atoms with E-state index < -0.39 is 0 Å². The van der Waals surface area contributed by atoms with Crippen LogP contribution in [0.2, 0.25) is 0 Å². The first-order valence-electron chi connectivity index (χ1n) is 38.9. The van der Waals surface area contributed by atoms with Gasteiger partial charge in [0.2, 0.25) is 0 Å². The van der Waals surface area contributed by atoms with E-state index in [1.807, 2.05) is 0 Å². The maximum atomic E-state index is 6.86. The molecule has 0 atom stereocenters. The van der Waals surface area contributed by atoms with Crippen LogP contribution >= 0.6 is 0 Å². The van der Waals surface area contributed by atoms with Crippen LogP contribution in [-0.2, 0) is 0 Å². The summed E-state index contributed by atoms with van der Waals surface area (Å²) in [6.45, 7) is 32.1. The van der Waals surface area contributed by atoms with Crippen molar-refractivity contribution >= 4 is 282 Å². The molecule has 0 aliphatic rings. The van der Waals surface area contributed by atoms with E-state index in [4.69, 9.17) is 25.7 Å². The molecule has 8 aromatic rings. The molecule has 0 spiro atoms. The van der Waals surface area contributed by atoms with Crippen LogP contribution in [0.25, 0.3) is 76.1 Å². The Kier molecular flexibility index (Phi) is 28.1. The molecule has 8 rings (SSSR count). The highest BCUT2D eigenvalue weighted by molar-refractivity contribution is 7.89. The summed E-state index contributed by atoms with van der Waals surface area (Å²) in [5.41, 5.74) is 30.6. The number of benzene rings is 8. The maximum absolute atomic E-state index is 6.86. The minimum absolute atomic E-state index is 0.0973. The van der Waals surface area contributed by atoms with Crippen molar-refractivity contribution in [2.24, 2.45) is 0 Å². The molecule has 0 unspecified atom stereocenters. The topological polar surface area (TPSA) is 0 Å². The van der Waals surface area contributed by atoms with Gasteiger partial charge in [0.1, 0.15) is 21.5 Å². The van der Waals surface area contributed by atoms with Crippen molar-refractivity contribution in [3.8, 4) is 202 Å². The average molecular weight is 1360 g/mol. The minimum atomic E-state index is 0.0973. The third kappa shape index (κ3) is 15.2. The van der Waals surface area contributed by atoms with Gasteiger partial charge in [-0.05, 0) is 314 Å². The fourth-order valence-corrected chi connectivity index (χ4v) is 18.7. The van der Waals surface area contributed by atoms with E-state index in [2.05, 4.69) is 353 Å². The monoisotopic (exact) mass is 1360 g/mol. The standard InChI is InChI=1S/C82H79B27/c1-19-25-29-31-33-34-36-39-44-62-64-54(16)57(24-6)60(40-23-5)61(41-28-22-4)72(64)70-58(42-37-27-21-3)48(10)49(11)59(43-38-35-32-30-26-20-2)71(70)73(62)66-52(14)47(9)53(15)67-68(66)55(17)63-50(12)45(7)46(8)51(13)65(63)74(67)75-69-56(18)79(102(99-85)105(89)90)82(103(106(91)92)107(93)94)81(104(108(95)96)109(97)100-86)76(69)77(83)78(98-84)80(75)101(87)88/h1-2,4,6,98-100H,83-97H2,3,5,7-18H3. The molecule has 0 saturated carbocycles. The first-order valence-corrected chi connectivity index (χ1v) is 38.9. The summed E-state index contributed by atoms with van der Waals surface area (Å²) in [7, 11) is 40.0. The average Bonchev–Trinajstić information content (AvgIpc) is 0.681. The van der Waals surface area contributed by atoms with Crippen LogP contribution in [-0.4, -0.2) is 195 Å². The molecule has 0 saturated heterocycles. The van der Waals surface area contributed by atoms with Crippen LogP contribution in [0.15, 0.2) is 0 Å². The molecule has 0 heterocycles. The van der Waals surface area contributed by atoms with Crippen LogP contribution < -0.4 is 32.8 Å². The SMILES string of the molecule is BBB(B)B(B(B)B)c1c(B(B(B)B)B(B)B)c(B(BB)B(B)B)c(C)c2c(-c3c4c(C)c(C)c(C)c(C)c4c(C)c4c(-c5c(C#CC#CC#CC#CC#C)c6c(C)c(C#C)c(C#CC)c(C#CC#C)c6c6c(C#CC#CC)c(C)c(C)c(C#CC#CC#CC#C)c56)c(C)c(C)c(C)c34)c(B(B)B)c(BB)c(B)c12. The molecule has 0 nitrogen and oxygen atoms in total. The van der Waals surface area contributed by atoms with Gasteiger partial charge >= 0.3 is 0 Å². The van der Waals surface area contributed by atoms with E-state index in [9.17, 15) is 0 Å². The lowest BCUT2D eigenvalue weighted by Crippen LogP contribution is -2.77. The second-order valence-electron chi connectivity index (χ2n) is 31.3. The fraction of sp³-hybridized carbons (Fsp3) is 0.171. The molecular formula is C82H79B27. The lowest BCUT2D eigenvalue weighted by atomic mass is 8.66. The Bertz CT molecular complexity index is 6280. The molecule has 488 valence electrons. The Hall–Kier alpha value is -9.79. The number of hydrogen-bond donors (Lipinski definition) is 0. The molecule has 0 aromatic heterocycles. The Morgan fingerprint density at radius 3 is 1.21 bits per heavy atom. The predicted octanol–water partition coefficient (Wildman–Crippen LogP) is -8.88. The summed E-state index contributed by atoms with van der Waals surface area (Å²) in [5.74, 6) is 79.4. The number of fused-ring (bicyclic) bond motifs is 6. The van der Waals surface area contributed by atoms with Crippen molar-refractivity contribution in [3.63, 3.8) is 0 Å². The van der Waals surface area contributed by atoms with Crippen LogP contribution in [0.5, 0.6) is 0 Å². The third-order valence-corrected chi connectivity index (χ3v) is 24.0. The van der Waals surface area contributed by atoms with E-state index in [-0.39, 0.29) is 19.5 Å². The third-order valence-electron chi connectivity index (χ3n) is 24.0. The van der Waals surface area contributed by atoms with Gasteiger partial charge in [-0.3, -0.25) is 0 Å². The van der Waals surface area contributed by atoms with Crippen molar-refractivity contribution in [1.82, 2.24) is 0 Å². The molecule has 0 N–H and O–H groups in total. The smallest absolute Gasteiger partial charge is 0.115 e. The number of rotatable bonds is 14. The zero-order valence-electron chi connectivity index (χ0n) is 70.6. The van der Waals surface area contributed by atoms with Crippen molar-refractivity contribution in [3.05, 3.63) is 100 Å². The zero-order valence-corrected chi connectivity index (χ0v) is 70.6. The Balaban J connectivity index is 2.04. The van der Waals surface area contributed by atoms with Crippen LogP contribution in [0.3, 0.4) is 0 Å². The maximum Gasteiger partial charge on any atom is 0.139 e. The van der Waals surface area contributed by atoms with Crippen LogP contribution in [0.4, 0.5) is 0 Å². The fourth-order valence-electron chi connectivity index (χ4n) is 18.7. The molecule has 8 aromatic carbocycles. The van der Waals surface area contributed by atoms with Crippen molar-refractivity contribution in [2.75, 3.05) is 0 Å². The largest absolute Gasteiger partial charge is 0.139 e. The quantitative estimate of drug-likeness (QED) is 0.0441. The molecule has 0 amide bonds. The van der Waals surface area contributed by atoms with Gasteiger partial charge in [-0.1, -0.05) is 63.4 Å². The number of aryl methyl sites for hydroxylation is 6. The van der Waals surface area contributed by atoms with Gasteiger partial charge < -0.3 is 0 Å². The summed E-state index contributed by atoms with van der Waals surface area (Å²) in [4.78, 5) is 0. The molecule has 109 heavy (non-hydrogen) atoms. The Morgan fingerprint density at radius 1 is 0.294 bits per heavy atom. The highest BCUT2D eigenvalue weighted by Crippen LogP contribution is 2.54. The van der Waals surface area contributed by atoms with Gasteiger partial charge in [-0.2, -0.15) is 0 Å². The number of terminal acetylenes is 4. The molecule has 0 fully saturated rings. The number of hydrogen-bond acceptors (Lipinski definition) is 0. The van der Waals surface area contributed by atoms with Crippen LogP contribution in [0.1, 0.15) is 114 Å². The lowest BCUT2D eigenvalue weighted by molar-refractivity contribution is 1.25. The van der Waals surface area contributed by atoms with E-state index in [1.54, 1.807) is 30.2 Å². The van der Waals surface area contributed by atoms with E-state index in [0.717, 1.165) is 92.9 Å². The molecule has 0 aliphatic carbocycles. The second kappa shape index (κ2) is 36.2. The van der Waals surface area contributed by atoms with E-state index >= 15 is 0 Å². The van der Waals surface area contributed by atoms with Gasteiger partial charge in [0.25, 0.3) is 0 Å². The summed E-state index contributed by atoms with van der Waals surface area (Å²) in [6.07, 6.45) is 26.1. The van der Waals surface area contributed by atoms with E-state index in [0.29, 0.717) is 71.6 Å². The zero-order chi connectivity index (χ0) is 80.6. The van der Waals surface area contributed by atoms with E-state index in [1.165, 1.54) is 87.8 Å². The highest BCUT2D eigenvalue weighted by atomic mass is 14.3. The van der Waals surface area contributed by atoms with Crippen molar-refractivity contribution in [2.45, 2.75) is 96.9 Å². The normalized spacial score (nSPS) is 9.63. The van der Waals surface area contributed by atoms with Crippen molar-refractivity contribution < 1.29 is 0 Å². The highest BCUT2D eigenvalue weighted by Gasteiger charge is 2.43. The lowest BCUT2D eigenvalue weighted by Gasteiger charge is -2.40. The van der Waals surface area contributed by atoms with Gasteiger partial charge in [-0.25, -0.2) is 0 Å². The molecule has 0 bridgehead atoms. The molecule has 0 aliphatic heterocycles. The van der Waals surface area contributed by atoms with Crippen molar-refractivity contribution in [1.29, 1.82) is 0 Å². The molecular weight excluding hydrogens is 1280 g/mol. The predicted molar refractivity (Wildman–Crippen MR) is 548 cm³/mol. The van der Waals surface area contributed by atoms with Gasteiger partial charge in [0.15, 0.2) is 0 Å². The van der Waals surface area contributed by atoms with Gasteiger partial charge in [0, 0.05) is 88.3 Å². The Morgan fingerprint density at radius 2 is 0.743 bits per heavy atom. The molecule has 27 heteroatoms. The Labute approximate surface area is 675 Å². The van der Waals surface area contributed by atoms with Gasteiger partial charge in [0.05, 0.1) is 146 Å². The summed E-state index contributed by atoms with van der Waals surface area (Å²) in [6, 6.07) is 0. The summed E-state index contributed by atoms with van der Waals surface area (Å²) in [5, 5.41) is 10.6. The van der Waals surface area contributed by atoms with Gasteiger partial charge in [-0.15, -0.1) is 48.0 Å². The van der Waals surface area contributed by atoms with Crippen LogP contribution in [0, 0.1) is 263 Å². The first kappa shape index (κ1) is 84.8. The molecule has 0 radical (unpaired) electrons. The second-order valence-corrected chi connectivity index (χ2v) is 31.3. The summed E-state index contributed by atoms with van der Waals surface area (Å²) >= 11 is 0.